The van der Waals surface area contributed by atoms with E-state index in [0.29, 0.717) is 17.8 Å². The molecule has 1 aromatic rings. The summed E-state index contributed by atoms with van der Waals surface area (Å²) in [5, 5.41) is 0. The molecule has 3 aliphatic heterocycles. The number of hydrogen-bond acceptors (Lipinski definition) is 1. The number of rotatable bonds is 1. The van der Waals surface area contributed by atoms with E-state index in [9.17, 15) is 9.18 Å². The summed E-state index contributed by atoms with van der Waals surface area (Å²) in [6.07, 6.45) is 4.34. The van der Waals surface area contributed by atoms with Crippen molar-refractivity contribution in [3.63, 3.8) is 0 Å². The molecule has 0 unspecified atom stereocenters. The molecule has 3 heteroatoms. The van der Waals surface area contributed by atoms with Crippen LogP contribution in [0.4, 0.5) is 4.39 Å². The van der Waals surface area contributed by atoms with Gasteiger partial charge in [0.25, 0.3) is 0 Å². The minimum absolute atomic E-state index is 0.211. The van der Waals surface area contributed by atoms with Crippen LogP contribution >= 0.6 is 0 Å². The van der Waals surface area contributed by atoms with E-state index in [1.54, 1.807) is 12.1 Å². The van der Waals surface area contributed by atoms with Crippen LogP contribution in [0.2, 0.25) is 0 Å². The molecule has 1 aromatic carbocycles. The summed E-state index contributed by atoms with van der Waals surface area (Å²) >= 11 is 0. The largest absolute Gasteiger partial charge is 0.306 e. The monoisotopic (exact) mass is 246 g/mol. The SMILES string of the molecule is O=C1C/C(=C\c2ccccc2F)[NH+]2CCC1CC2. The van der Waals surface area contributed by atoms with Crippen LogP contribution in [0, 0.1) is 11.7 Å². The number of quaternary nitrogens is 1. The number of halogens is 1. The highest BCUT2D eigenvalue weighted by atomic mass is 19.1. The molecule has 0 saturated carbocycles. The van der Waals surface area contributed by atoms with Crippen LogP contribution in [0.5, 0.6) is 0 Å². The third kappa shape index (κ3) is 2.10. The molecule has 1 N–H and O–H groups in total. The first-order chi connectivity index (χ1) is 8.74. The minimum Gasteiger partial charge on any atom is -0.306 e. The number of hydrogen-bond donors (Lipinski definition) is 1. The first-order valence-electron chi connectivity index (χ1n) is 6.57. The Morgan fingerprint density at radius 1 is 1.22 bits per heavy atom. The number of nitrogens with one attached hydrogen (secondary N) is 1. The third-order valence-electron chi connectivity index (χ3n) is 4.10. The predicted molar refractivity (Wildman–Crippen MR) is 67.4 cm³/mol. The van der Waals surface area contributed by atoms with Crippen molar-refractivity contribution in [2.75, 3.05) is 13.1 Å². The van der Waals surface area contributed by atoms with Crippen LogP contribution in [0.1, 0.15) is 24.8 Å². The van der Waals surface area contributed by atoms with Gasteiger partial charge in [-0.15, -0.1) is 0 Å². The van der Waals surface area contributed by atoms with Gasteiger partial charge < -0.3 is 4.90 Å². The van der Waals surface area contributed by atoms with Gasteiger partial charge in [-0.05, 0) is 6.07 Å². The second-order valence-corrected chi connectivity index (χ2v) is 5.21. The Hall–Kier alpha value is -1.48. The first-order valence-corrected chi connectivity index (χ1v) is 6.57. The zero-order chi connectivity index (χ0) is 12.5. The van der Waals surface area contributed by atoms with Crippen molar-refractivity contribution >= 4 is 11.9 Å². The number of carbonyl (C=O) groups excluding carboxylic acids is 1. The second kappa shape index (κ2) is 4.65. The normalized spacial score (nSPS) is 29.6. The Balaban J connectivity index is 1.95. The molecule has 0 aliphatic carbocycles. The van der Waals surface area contributed by atoms with E-state index in [-0.39, 0.29) is 11.7 Å². The van der Waals surface area contributed by atoms with Crippen molar-refractivity contribution in [1.29, 1.82) is 0 Å². The molecule has 4 rings (SSSR count). The first kappa shape index (κ1) is 11.6. The maximum absolute atomic E-state index is 13.6. The third-order valence-corrected chi connectivity index (χ3v) is 4.10. The molecule has 94 valence electrons. The van der Waals surface area contributed by atoms with Gasteiger partial charge in [-0.2, -0.15) is 0 Å². The van der Waals surface area contributed by atoms with Crippen molar-refractivity contribution in [3.05, 3.63) is 41.3 Å². The summed E-state index contributed by atoms with van der Waals surface area (Å²) in [6, 6.07) is 6.75. The van der Waals surface area contributed by atoms with E-state index in [2.05, 4.69) is 0 Å². The fraction of sp³-hybridized carbons (Fsp3) is 0.400. The zero-order valence-corrected chi connectivity index (χ0v) is 10.3. The number of benzene rings is 1. The molecule has 2 bridgehead atoms. The lowest BCUT2D eigenvalue weighted by molar-refractivity contribution is -0.865. The topological polar surface area (TPSA) is 21.5 Å². The Bertz CT molecular complexity index is 501. The molecule has 0 spiro atoms. The average molecular weight is 246 g/mol. The van der Waals surface area contributed by atoms with E-state index >= 15 is 0 Å². The fourth-order valence-corrected chi connectivity index (χ4v) is 3.00. The van der Waals surface area contributed by atoms with Gasteiger partial charge in [0.15, 0.2) is 0 Å². The number of piperidine rings is 1. The molecular formula is C15H17FNO+. The van der Waals surface area contributed by atoms with Gasteiger partial charge >= 0.3 is 0 Å². The molecule has 3 heterocycles. The average Bonchev–Trinajstić information content (AvgIpc) is 2.62. The Morgan fingerprint density at radius 2 is 1.94 bits per heavy atom. The molecule has 3 saturated heterocycles. The van der Waals surface area contributed by atoms with Crippen LogP contribution in [-0.2, 0) is 4.79 Å². The van der Waals surface area contributed by atoms with Gasteiger partial charge in [-0.1, -0.05) is 18.2 Å². The molecule has 18 heavy (non-hydrogen) atoms. The van der Waals surface area contributed by atoms with Gasteiger partial charge in [0.1, 0.15) is 17.3 Å². The van der Waals surface area contributed by atoms with Crippen LogP contribution in [0.25, 0.3) is 6.08 Å². The minimum atomic E-state index is -0.211. The molecule has 2 nitrogen and oxygen atoms in total. The van der Waals surface area contributed by atoms with Gasteiger partial charge in [0.05, 0.1) is 19.5 Å². The maximum Gasteiger partial charge on any atom is 0.146 e. The number of ketones is 1. The van der Waals surface area contributed by atoms with Crippen LogP contribution in [0.3, 0.4) is 0 Å². The predicted octanol–water partition coefficient (Wildman–Crippen LogP) is 1.43. The Kier molecular flexibility index (Phi) is 3.00. The molecule has 0 amide bonds. The van der Waals surface area contributed by atoms with Gasteiger partial charge in [-0.25, -0.2) is 4.39 Å². The van der Waals surface area contributed by atoms with Crippen LogP contribution in [-0.4, -0.2) is 18.9 Å². The highest BCUT2D eigenvalue weighted by Crippen LogP contribution is 2.21. The Labute approximate surface area is 106 Å². The highest BCUT2D eigenvalue weighted by molar-refractivity contribution is 5.84. The second-order valence-electron chi connectivity index (χ2n) is 5.21. The number of carbonyl (C=O) groups is 1. The van der Waals surface area contributed by atoms with Crippen molar-refractivity contribution in [1.82, 2.24) is 0 Å². The van der Waals surface area contributed by atoms with E-state index in [1.807, 2.05) is 12.1 Å². The number of allylic oxidation sites excluding steroid dienone is 1. The van der Waals surface area contributed by atoms with Crippen molar-refractivity contribution in [2.45, 2.75) is 19.3 Å². The van der Waals surface area contributed by atoms with Crippen molar-refractivity contribution in [3.8, 4) is 0 Å². The van der Waals surface area contributed by atoms with E-state index in [4.69, 9.17) is 0 Å². The summed E-state index contributed by atoms with van der Waals surface area (Å²) < 4.78 is 13.6. The van der Waals surface area contributed by atoms with Crippen LogP contribution < -0.4 is 4.90 Å². The van der Waals surface area contributed by atoms with Crippen molar-refractivity contribution < 1.29 is 14.1 Å². The number of fused-ring (bicyclic) bond motifs is 4. The number of Topliss-reactive ketones (excluding diaryl/α,β-unsaturated/α-hetero) is 1. The Morgan fingerprint density at radius 3 is 2.67 bits per heavy atom. The molecule has 0 radical (unpaired) electrons. The van der Waals surface area contributed by atoms with Crippen LogP contribution in [0.15, 0.2) is 30.0 Å². The van der Waals surface area contributed by atoms with E-state index in [0.717, 1.165) is 31.6 Å². The van der Waals surface area contributed by atoms with E-state index in [1.165, 1.54) is 11.0 Å². The molecule has 3 aliphatic rings. The summed E-state index contributed by atoms with van der Waals surface area (Å²) in [6.45, 7) is 2.02. The fourth-order valence-electron chi connectivity index (χ4n) is 3.00. The van der Waals surface area contributed by atoms with Gasteiger partial charge in [0, 0.05) is 30.4 Å². The maximum atomic E-state index is 13.6. The molecule has 0 atom stereocenters. The summed E-state index contributed by atoms with van der Waals surface area (Å²) in [5.41, 5.74) is 1.66. The standard InChI is InChI=1S/C15H16FNO/c16-14-4-2-1-3-12(14)9-13-10-15(18)11-5-7-17(13)8-6-11/h1-4,9,11H,5-8,10H2/p+1/b13-9+. The smallest absolute Gasteiger partial charge is 0.146 e. The summed E-state index contributed by atoms with van der Waals surface area (Å²) in [7, 11) is 0. The molecular weight excluding hydrogens is 229 g/mol. The van der Waals surface area contributed by atoms with E-state index < -0.39 is 0 Å². The van der Waals surface area contributed by atoms with Gasteiger partial charge in [-0.3, -0.25) is 4.79 Å². The highest BCUT2D eigenvalue weighted by Gasteiger charge is 2.35. The molecule has 3 fully saturated rings. The quantitative estimate of drug-likeness (QED) is 0.795. The van der Waals surface area contributed by atoms with Crippen molar-refractivity contribution in [2.24, 2.45) is 5.92 Å². The van der Waals surface area contributed by atoms with Gasteiger partial charge in [0.2, 0.25) is 0 Å². The lowest BCUT2D eigenvalue weighted by atomic mass is 9.94. The zero-order valence-electron chi connectivity index (χ0n) is 10.3. The molecule has 0 aromatic heterocycles. The lowest BCUT2D eigenvalue weighted by Gasteiger charge is -2.23. The summed E-state index contributed by atoms with van der Waals surface area (Å²) in [5.74, 6) is 0.377. The summed E-state index contributed by atoms with van der Waals surface area (Å²) in [4.78, 5) is 13.4. The lowest BCUT2D eigenvalue weighted by Crippen LogP contribution is -3.10.